The Morgan fingerprint density at radius 3 is 2.91 bits per heavy atom. The van der Waals surface area contributed by atoms with Crippen molar-refractivity contribution in [1.82, 2.24) is 19.7 Å². The topological polar surface area (TPSA) is 80.1 Å². The van der Waals surface area contributed by atoms with Crippen LogP contribution in [0.15, 0.2) is 12.3 Å². The van der Waals surface area contributed by atoms with Crippen molar-refractivity contribution >= 4 is 28.5 Å². The second-order valence-corrected chi connectivity index (χ2v) is 5.66. The lowest BCUT2D eigenvalue weighted by atomic mass is 10.2. The molecule has 2 aromatic heterocycles. The number of aromatic nitrogens is 3. The number of rotatable bonds is 2. The van der Waals surface area contributed by atoms with Crippen LogP contribution in [0.1, 0.15) is 25.5 Å². The van der Waals surface area contributed by atoms with E-state index in [1.165, 1.54) is 6.92 Å². The fourth-order valence-electron chi connectivity index (χ4n) is 3.02. The van der Waals surface area contributed by atoms with E-state index in [1.54, 1.807) is 15.8 Å². The van der Waals surface area contributed by atoms with E-state index in [4.69, 9.17) is 0 Å². The zero-order valence-corrected chi connectivity index (χ0v) is 13.0. The molecular formula is C15H19N5O2. The van der Waals surface area contributed by atoms with Gasteiger partial charge in [-0.15, -0.1) is 0 Å². The minimum atomic E-state index is -0.386. The molecule has 3 rings (SSSR count). The Bertz CT molecular complexity index is 752. The SMILES string of the molecule is CC(=O)N1CCC[C@@H]1C(=O)Nc1cnc2c(c1)c(C)nn2C. The van der Waals surface area contributed by atoms with Gasteiger partial charge in [0.15, 0.2) is 5.65 Å². The highest BCUT2D eigenvalue weighted by molar-refractivity contribution is 5.98. The van der Waals surface area contributed by atoms with Gasteiger partial charge >= 0.3 is 0 Å². The second kappa shape index (κ2) is 5.40. The van der Waals surface area contributed by atoms with Gasteiger partial charge in [-0.1, -0.05) is 0 Å². The molecule has 2 amide bonds. The number of anilines is 1. The average Bonchev–Trinajstić information content (AvgIpc) is 3.05. The molecule has 3 heterocycles. The standard InChI is InChI=1S/C15H19N5O2/c1-9-12-7-11(8-16-14(12)19(3)18-9)17-15(22)13-5-4-6-20(13)10(2)21/h7-8,13H,4-6H2,1-3H3,(H,17,22)/t13-/m1/s1. The summed E-state index contributed by atoms with van der Waals surface area (Å²) in [6.07, 6.45) is 3.18. The zero-order valence-electron chi connectivity index (χ0n) is 13.0. The van der Waals surface area contributed by atoms with E-state index in [0.717, 1.165) is 23.1 Å². The summed E-state index contributed by atoms with van der Waals surface area (Å²) in [5, 5.41) is 8.09. The monoisotopic (exact) mass is 301 g/mol. The molecule has 0 aromatic carbocycles. The highest BCUT2D eigenvalue weighted by Crippen LogP contribution is 2.22. The van der Waals surface area contributed by atoms with Crippen LogP contribution in [0.3, 0.4) is 0 Å². The number of hydrogen-bond acceptors (Lipinski definition) is 4. The van der Waals surface area contributed by atoms with Crippen molar-refractivity contribution in [2.75, 3.05) is 11.9 Å². The molecule has 2 aromatic rings. The van der Waals surface area contributed by atoms with Gasteiger partial charge in [0.1, 0.15) is 6.04 Å². The van der Waals surface area contributed by atoms with Gasteiger partial charge in [-0.2, -0.15) is 5.10 Å². The van der Waals surface area contributed by atoms with Crippen molar-refractivity contribution in [2.24, 2.45) is 7.05 Å². The van der Waals surface area contributed by atoms with E-state index in [0.29, 0.717) is 18.7 Å². The molecule has 0 saturated carbocycles. The van der Waals surface area contributed by atoms with Gasteiger partial charge in [0, 0.05) is 25.9 Å². The maximum absolute atomic E-state index is 12.4. The Morgan fingerprint density at radius 1 is 1.41 bits per heavy atom. The first kappa shape index (κ1) is 14.5. The van der Waals surface area contributed by atoms with Crippen molar-refractivity contribution < 1.29 is 9.59 Å². The van der Waals surface area contributed by atoms with Gasteiger partial charge in [-0.25, -0.2) is 4.98 Å². The zero-order chi connectivity index (χ0) is 15.9. The number of aryl methyl sites for hydroxylation is 2. The second-order valence-electron chi connectivity index (χ2n) is 5.66. The van der Waals surface area contributed by atoms with Crippen molar-refractivity contribution in [3.05, 3.63) is 18.0 Å². The molecule has 0 aliphatic carbocycles. The van der Waals surface area contributed by atoms with Gasteiger partial charge < -0.3 is 10.2 Å². The van der Waals surface area contributed by atoms with E-state index in [1.807, 2.05) is 20.0 Å². The van der Waals surface area contributed by atoms with Crippen LogP contribution >= 0.6 is 0 Å². The minimum absolute atomic E-state index is 0.0608. The van der Waals surface area contributed by atoms with Gasteiger partial charge in [0.05, 0.1) is 17.6 Å². The third kappa shape index (κ3) is 2.43. The summed E-state index contributed by atoms with van der Waals surface area (Å²) in [5.41, 5.74) is 2.28. The summed E-state index contributed by atoms with van der Waals surface area (Å²) in [6.45, 7) is 4.05. The summed E-state index contributed by atoms with van der Waals surface area (Å²) >= 11 is 0. The maximum atomic E-state index is 12.4. The molecule has 1 atom stereocenters. The van der Waals surface area contributed by atoms with Crippen LogP contribution in [-0.2, 0) is 16.6 Å². The van der Waals surface area contributed by atoms with E-state index >= 15 is 0 Å². The van der Waals surface area contributed by atoms with E-state index in [-0.39, 0.29) is 17.9 Å². The molecule has 116 valence electrons. The van der Waals surface area contributed by atoms with Crippen LogP contribution in [0.5, 0.6) is 0 Å². The predicted molar refractivity (Wildman–Crippen MR) is 82.3 cm³/mol. The van der Waals surface area contributed by atoms with Gasteiger partial charge in [0.25, 0.3) is 0 Å². The van der Waals surface area contributed by atoms with Crippen LogP contribution in [-0.4, -0.2) is 44.1 Å². The minimum Gasteiger partial charge on any atom is -0.331 e. The number of fused-ring (bicyclic) bond motifs is 1. The molecule has 7 heteroatoms. The van der Waals surface area contributed by atoms with Gasteiger partial charge in [-0.05, 0) is 25.8 Å². The molecule has 1 saturated heterocycles. The Labute approximate surface area is 128 Å². The van der Waals surface area contributed by atoms with Crippen LogP contribution in [0.2, 0.25) is 0 Å². The quantitative estimate of drug-likeness (QED) is 0.904. The molecule has 0 unspecified atom stereocenters. The lowest BCUT2D eigenvalue weighted by molar-refractivity contribution is -0.134. The Morgan fingerprint density at radius 2 is 2.18 bits per heavy atom. The fourth-order valence-corrected chi connectivity index (χ4v) is 3.02. The van der Waals surface area contributed by atoms with Crippen molar-refractivity contribution in [1.29, 1.82) is 0 Å². The molecular weight excluding hydrogens is 282 g/mol. The summed E-state index contributed by atoms with van der Waals surface area (Å²) in [4.78, 5) is 29.9. The number of pyridine rings is 1. The predicted octanol–water partition coefficient (Wildman–Crippen LogP) is 1.23. The molecule has 0 spiro atoms. The first-order valence-electron chi connectivity index (χ1n) is 7.35. The summed E-state index contributed by atoms with van der Waals surface area (Å²) in [6, 6.07) is 1.48. The van der Waals surface area contributed by atoms with Crippen LogP contribution < -0.4 is 5.32 Å². The normalized spacial score (nSPS) is 18.0. The molecule has 1 aliphatic rings. The highest BCUT2D eigenvalue weighted by Gasteiger charge is 2.32. The van der Waals surface area contributed by atoms with Crippen LogP contribution in [0.4, 0.5) is 5.69 Å². The summed E-state index contributed by atoms with van der Waals surface area (Å²) in [5.74, 6) is -0.218. The van der Waals surface area contributed by atoms with Crippen molar-refractivity contribution in [3.8, 4) is 0 Å². The lowest BCUT2D eigenvalue weighted by Crippen LogP contribution is -2.42. The largest absolute Gasteiger partial charge is 0.331 e. The van der Waals surface area contributed by atoms with Crippen LogP contribution in [0, 0.1) is 6.92 Å². The molecule has 22 heavy (non-hydrogen) atoms. The maximum Gasteiger partial charge on any atom is 0.247 e. The molecule has 1 N–H and O–H groups in total. The van der Waals surface area contributed by atoms with Gasteiger partial charge in [0.2, 0.25) is 11.8 Å². The van der Waals surface area contributed by atoms with E-state index in [2.05, 4.69) is 15.4 Å². The fraction of sp³-hybridized carbons (Fsp3) is 0.467. The number of amides is 2. The van der Waals surface area contributed by atoms with E-state index in [9.17, 15) is 9.59 Å². The van der Waals surface area contributed by atoms with E-state index < -0.39 is 0 Å². The Balaban J connectivity index is 1.82. The Hall–Kier alpha value is -2.44. The number of hydrogen-bond donors (Lipinski definition) is 1. The first-order chi connectivity index (χ1) is 10.5. The average molecular weight is 301 g/mol. The lowest BCUT2D eigenvalue weighted by Gasteiger charge is -2.22. The number of likely N-dealkylation sites (tertiary alicyclic amines) is 1. The third-order valence-electron chi connectivity index (χ3n) is 4.09. The number of nitrogens with one attached hydrogen (secondary N) is 1. The van der Waals surface area contributed by atoms with Gasteiger partial charge in [-0.3, -0.25) is 14.3 Å². The number of carbonyl (C=O) groups excluding carboxylic acids is 2. The third-order valence-corrected chi connectivity index (χ3v) is 4.09. The smallest absolute Gasteiger partial charge is 0.247 e. The molecule has 0 radical (unpaired) electrons. The molecule has 7 nitrogen and oxygen atoms in total. The Kier molecular flexibility index (Phi) is 3.56. The van der Waals surface area contributed by atoms with Crippen molar-refractivity contribution in [2.45, 2.75) is 32.7 Å². The molecule has 1 fully saturated rings. The number of carbonyl (C=O) groups is 2. The highest BCUT2D eigenvalue weighted by atomic mass is 16.2. The molecule has 0 bridgehead atoms. The summed E-state index contributed by atoms with van der Waals surface area (Å²) < 4.78 is 1.71. The van der Waals surface area contributed by atoms with Crippen LogP contribution in [0.25, 0.3) is 11.0 Å². The number of nitrogens with zero attached hydrogens (tertiary/aromatic N) is 4. The molecule has 1 aliphatic heterocycles. The van der Waals surface area contributed by atoms with Crippen molar-refractivity contribution in [3.63, 3.8) is 0 Å². The summed E-state index contributed by atoms with van der Waals surface area (Å²) in [7, 11) is 1.84. The first-order valence-corrected chi connectivity index (χ1v) is 7.35.